The highest BCUT2D eigenvalue weighted by Gasteiger charge is 2.20. The molecule has 5 heteroatoms. The van der Waals surface area contributed by atoms with E-state index in [-0.39, 0.29) is 12.2 Å². The Hall–Kier alpha value is -2.43. The van der Waals surface area contributed by atoms with Crippen LogP contribution in [0.25, 0.3) is 0 Å². The minimum Gasteiger partial charge on any atom is -0.415 e. The Bertz CT molecular complexity index is 634. The molecule has 0 aliphatic heterocycles. The number of rotatable bonds is 13. The van der Waals surface area contributed by atoms with Crippen molar-refractivity contribution in [3.05, 3.63) is 47.7 Å². The molecule has 0 aliphatic rings. The Balaban J connectivity index is 2.23. The van der Waals surface area contributed by atoms with Crippen LogP contribution in [0.1, 0.15) is 88.4 Å². The van der Waals surface area contributed by atoms with Crippen molar-refractivity contribution in [3.8, 4) is 0 Å². The summed E-state index contributed by atoms with van der Waals surface area (Å²) in [6.45, 7) is 3.75. The first-order chi connectivity index (χ1) is 13.6. The van der Waals surface area contributed by atoms with Gasteiger partial charge < -0.3 is 9.47 Å². The summed E-state index contributed by atoms with van der Waals surface area (Å²) in [5.74, 6) is -2.48. The number of esters is 3. The van der Waals surface area contributed by atoms with Gasteiger partial charge in [-0.25, -0.2) is 9.59 Å². The summed E-state index contributed by atoms with van der Waals surface area (Å²) >= 11 is 0. The lowest BCUT2D eigenvalue weighted by Gasteiger charge is -2.08. The number of carbonyl (C=O) groups excluding carboxylic acids is 3. The smallest absolute Gasteiger partial charge is 0.381 e. The molecule has 0 fully saturated rings. The van der Waals surface area contributed by atoms with Gasteiger partial charge in [0.15, 0.2) is 0 Å². The predicted octanol–water partition coefficient (Wildman–Crippen LogP) is 5.74. The maximum atomic E-state index is 12.0. The first kappa shape index (κ1) is 23.6. The Kier molecular flexibility index (Phi) is 12.3. The van der Waals surface area contributed by atoms with Crippen LogP contribution in [-0.4, -0.2) is 17.9 Å². The average molecular weight is 389 g/mol. The molecular formula is C23H32O5. The third kappa shape index (κ3) is 10.0. The second-order valence-electron chi connectivity index (χ2n) is 6.75. The average Bonchev–Trinajstić information content (AvgIpc) is 2.71. The number of hydrogen-bond donors (Lipinski definition) is 0. The standard InChI is InChI=1S/C23H32O5/c1-3-5-6-7-8-9-10-11-15-18-21(24)28-23(26)20(4-2)27-22(25)19-16-13-12-14-17-19/h4,12-14,16-17H,3,5-11,15,18H2,1-2H3. The normalized spacial score (nSPS) is 11.1. The van der Waals surface area contributed by atoms with Crippen LogP contribution in [0.5, 0.6) is 0 Å². The molecule has 0 aliphatic carbocycles. The van der Waals surface area contributed by atoms with Crippen molar-refractivity contribution >= 4 is 17.9 Å². The number of benzene rings is 1. The monoisotopic (exact) mass is 388 g/mol. The molecule has 154 valence electrons. The number of unbranched alkanes of at least 4 members (excludes halogenated alkanes) is 8. The molecule has 0 radical (unpaired) electrons. The van der Waals surface area contributed by atoms with Gasteiger partial charge in [0.05, 0.1) is 5.56 Å². The number of carbonyl (C=O) groups is 3. The lowest BCUT2D eigenvalue weighted by molar-refractivity contribution is -0.158. The second-order valence-corrected chi connectivity index (χ2v) is 6.75. The van der Waals surface area contributed by atoms with Gasteiger partial charge in [-0.15, -0.1) is 0 Å². The van der Waals surface area contributed by atoms with Crippen molar-refractivity contribution in [1.82, 2.24) is 0 Å². The minimum atomic E-state index is -0.937. The van der Waals surface area contributed by atoms with Crippen LogP contribution in [-0.2, 0) is 19.1 Å². The third-order valence-electron chi connectivity index (χ3n) is 4.37. The SMILES string of the molecule is CC=C(OC(=O)c1ccccc1)C(=O)OC(=O)CCCCCCCCCCC. The van der Waals surface area contributed by atoms with E-state index in [4.69, 9.17) is 9.47 Å². The van der Waals surface area contributed by atoms with E-state index in [1.807, 2.05) is 0 Å². The molecule has 1 aromatic rings. The van der Waals surface area contributed by atoms with E-state index in [1.165, 1.54) is 44.6 Å². The van der Waals surface area contributed by atoms with Crippen molar-refractivity contribution in [2.24, 2.45) is 0 Å². The number of hydrogen-bond acceptors (Lipinski definition) is 5. The molecule has 0 saturated carbocycles. The van der Waals surface area contributed by atoms with Crippen LogP contribution < -0.4 is 0 Å². The van der Waals surface area contributed by atoms with Crippen LogP contribution in [0.15, 0.2) is 42.2 Å². The van der Waals surface area contributed by atoms with Gasteiger partial charge in [-0.1, -0.05) is 76.5 Å². The first-order valence-electron chi connectivity index (χ1n) is 10.3. The van der Waals surface area contributed by atoms with Crippen molar-refractivity contribution < 1.29 is 23.9 Å². The zero-order valence-corrected chi connectivity index (χ0v) is 17.1. The van der Waals surface area contributed by atoms with Gasteiger partial charge in [0.1, 0.15) is 0 Å². The first-order valence-corrected chi connectivity index (χ1v) is 10.3. The van der Waals surface area contributed by atoms with E-state index in [2.05, 4.69) is 6.92 Å². The van der Waals surface area contributed by atoms with E-state index in [0.29, 0.717) is 12.0 Å². The highest BCUT2D eigenvalue weighted by molar-refractivity contribution is 5.99. The third-order valence-corrected chi connectivity index (χ3v) is 4.37. The molecule has 28 heavy (non-hydrogen) atoms. The summed E-state index contributed by atoms with van der Waals surface area (Å²) < 4.78 is 9.83. The molecule has 0 unspecified atom stereocenters. The molecule has 0 spiro atoms. The fourth-order valence-electron chi connectivity index (χ4n) is 2.74. The highest BCUT2D eigenvalue weighted by atomic mass is 16.6. The lowest BCUT2D eigenvalue weighted by atomic mass is 10.1. The van der Waals surface area contributed by atoms with E-state index in [1.54, 1.807) is 37.3 Å². The maximum absolute atomic E-state index is 12.0. The Labute approximate surface area is 168 Å². The van der Waals surface area contributed by atoms with Crippen LogP contribution in [0.2, 0.25) is 0 Å². The van der Waals surface area contributed by atoms with Crippen LogP contribution in [0.3, 0.4) is 0 Å². The number of allylic oxidation sites excluding steroid dienone is 1. The van der Waals surface area contributed by atoms with Crippen molar-refractivity contribution in [1.29, 1.82) is 0 Å². The predicted molar refractivity (Wildman–Crippen MR) is 109 cm³/mol. The van der Waals surface area contributed by atoms with Gasteiger partial charge >= 0.3 is 17.9 Å². The van der Waals surface area contributed by atoms with E-state index < -0.39 is 17.9 Å². The molecule has 0 heterocycles. The van der Waals surface area contributed by atoms with Gasteiger partial charge in [0, 0.05) is 6.42 Å². The zero-order chi connectivity index (χ0) is 20.6. The molecule has 0 N–H and O–H groups in total. The summed E-state index contributed by atoms with van der Waals surface area (Å²) in [7, 11) is 0. The number of ether oxygens (including phenoxy) is 2. The van der Waals surface area contributed by atoms with Gasteiger partial charge in [0.25, 0.3) is 0 Å². The summed E-state index contributed by atoms with van der Waals surface area (Å²) in [5.41, 5.74) is 0.315. The second kappa shape index (κ2) is 14.6. The van der Waals surface area contributed by atoms with Crippen molar-refractivity contribution in [2.45, 2.75) is 78.1 Å². The van der Waals surface area contributed by atoms with Crippen LogP contribution >= 0.6 is 0 Å². The fourth-order valence-corrected chi connectivity index (χ4v) is 2.74. The Morgan fingerprint density at radius 2 is 1.39 bits per heavy atom. The Morgan fingerprint density at radius 3 is 1.96 bits per heavy atom. The molecule has 0 bridgehead atoms. The lowest BCUT2D eigenvalue weighted by Crippen LogP contribution is -2.18. The summed E-state index contributed by atoms with van der Waals surface area (Å²) in [4.78, 5) is 35.9. The molecule has 0 saturated heterocycles. The molecule has 0 amide bonds. The van der Waals surface area contributed by atoms with Gasteiger partial charge in [0.2, 0.25) is 5.76 Å². The molecule has 1 rings (SSSR count). The summed E-state index contributed by atoms with van der Waals surface area (Å²) in [5, 5.41) is 0. The summed E-state index contributed by atoms with van der Waals surface area (Å²) in [6, 6.07) is 8.32. The Morgan fingerprint density at radius 1 is 0.821 bits per heavy atom. The van der Waals surface area contributed by atoms with Gasteiger partial charge in [-0.3, -0.25) is 4.79 Å². The molecule has 5 nitrogen and oxygen atoms in total. The zero-order valence-electron chi connectivity index (χ0n) is 17.1. The highest BCUT2D eigenvalue weighted by Crippen LogP contribution is 2.12. The van der Waals surface area contributed by atoms with E-state index >= 15 is 0 Å². The molecule has 0 aromatic heterocycles. The largest absolute Gasteiger partial charge is 0.415 e. The molecular weight excluding hydrogens is 356 g/mol. The van der Waals surface area contributed by atoms with Crippen molar-refractivity contribution in [3.63, 3.8) is 0 Å². The maximum Gasteiger partial charge on any atom is 0.381 e. The van der Waals surface area contributed by atoms with Gasteiger partial charge in [-0.2, -0.15) is 0 Å². The minimum absolute atomic E-state index is 0.186. The van der Waals surface area contributed by atoms with Crippen LogP contribution in [0, 0.1) is 0 Å². The van der Waals surface area contributed by atoms with Crippen molar-refractivity contribution in [2.75, 3.05) is 0 Å². The van der Waals surface area contributed by atoms with E-state index in [9.17, 15) is 14.4 Å². The van der Waals surface area contributed by atoms with Gasteiger partial charge in [-0.05, 0) is 31.6 Å². The summed E-state index contributed by atoms with van der Waals surface area (Å²) in [6.07, 6.45) is 11.8. The molecule has 0 atom stereocenters. The topological polar surface area (TPSA) is 69.7 Å². The quantitative estimate of drug-likeness (QED) is 0.142. The fraction of sp³-hybridized carbons (Fsp3) is 0.522. The van der Waals surface area contributed by atoms with Crippen LogP contribution in [0.4, 0.5) is 0 Å². The molecule has 1 aromatic carbocycles. The van der Waals surface area contributed by atoms with E-state index in [0.717, 1.165) is 12.8 Å².